The second kappa shape index (κ2) is 6.58. The van der Waals surface area contributed by atoms with Crippen molar-refractivity contribution in [3.8, 4) is 5.75 Å². The van der Waals surface area contributed by atoms with Gasteiger partial charge in [-0.1, -0.05) is 19.9 Å². The van der Waals surface area contributed by atoms with E-state index in [9.17, 15) is 8.42 Å². The third kappa shape index (κ3) is 3.40. The number of rotatable bonds is 7. The van der Waals surface area contributed by atoms with Crippen molar-refractivity contribution in [2.45, 2.75) is 13.8 Å². The second-order valence-corrected chi connectivity index (χ2v) is 5.66. The van der Waals surface area contributed by atoms with Gasteiger partial charge in [-0.2, -0.15) is 12.7 Å². The molecule has 20 heavy (non-hydrogen) atoms. The first kappa shape index (κ1) is 16.3. The molecule has 0 fully saturated rings. The predicted molar refractivity (Wildman–Crippen MR) is 79.5 cm³/mol. The minimum absolute atomic E-state index is 0.175. The first-order valence-electron chi connectivity index (χ1n) is 6.16. The summed E-state index contributed by atoms with van der Waals surface area (Å²) in [6, 6.07) is 4.81. The van der Waals surface area contributed by atoms with E-state index >= 15 is 0 Å². The monoisotopic (exact) mass is 300 g/mol. The van der Waals surface area contributed by atoms with Crippen LogP contribution in [-0.4, -0.2) is 38.8 Å². The summed E-state index contributed by atoms with van der Waals surface area (Å²) in [5.41, 5.74) is 5.93. The molecule has 0 atom stereocenters. The van der Waals surface area contributed by atoms with E-state index in [0.717, 1.165) is 0 Å². The van der Waals surface area contributed by atoms with Crippen LogP contribution in [0.5, 0.6) is 5.75 Å². The molecule has 1 aromatic carbocycles. The lowest BCUT2D eigenvalue weighted by atomic mass is 10.1. The van der Waals surface area contributed by atoms with Crippen molar-refractivity contribution in [3.63, 3.8) is 0 Å². The second-order valence-electron chi connectivity index (χ2n) is 3.99. The molecule has 0 saturated heterocycles. The quantitative estimate of drug-likeness (QED) is 0.515. The Kier molecular flexibility index (Phi) is 5.34. The maximum absolute atomic E-state index is 12.3. The number of nitrogens with zero attached hydrogens (tertiary/aromatic N) is 1. The molecule has 0 amide bonds. The van der Waals surface area contributed by atoms with Crippen LogP contribution < -0.4 is 15.2 Å². The molecular formula is C12H20N4O3S. The highest BCUT2D eigenvalue weighted by Gasteiger charge is 2.22. The van der Waals surface area contributed by atoms with Crippen molar-refractivity contribution in [3.05, 3.63) is 23.8 Å². The predicted octanol–water partition coefficient (Wildman–Crippen LogP) is 0.978. The third-order valence-electron chi connectivity index (χ3n) is 2.81. The van der Waals surface area contributed by atoms with Gasteiger partial charge in [0.15, 0.2) is 0 Å². The van der Waals surface area contributed by atoms with Crippen molar-refractivity contribution in [1.29, 1.82) is 5.41 Å². The van der Waals surface area contributed by atoms with Crippen molar-refractivity contribution in [2.75, 3.05) is 24.9 Å². The zero-order valence-corrected chi connectivity index (χ0v) is 12.6. The molecule has 4 N–H and O–H groups in total. The van der Waals surface area contributed by atoms with Gasteiger partial charge in [0.1, 0.15) is 17.3 Å². The summed E-state index contributed by atoms with van der Waals surface area (Å²) in [4.78, 5) is 0. The van der Waals surface area contributed by atoms with Crippen LogP contribution in [0.15, 0.2) is 18.2 Å². The number of nitrogens with two attached hydrogens (primary N) is 1. The Bertz CT molecular complexity index is 582. The summed E-state index contributed by atoms with van der Waals surface area (Å²) in [5.74, 6) is 0.0783. The van der Waals surface area contributed by atoms with Crippen LogP contribution in [0.1, 0.15) is 19.4 Å². The Labute approximate surface area is 119 Å². The van der Waals surface area contributed by atoms with E-state index in [4.69, 9.17) is 15.9 Å². The van der Waals surface area contributed by atoms with E-state index in [1.165, 1.54) is 11.4 Å². The van der Waals surface area contributed by atoms with Gasteiger partial charge in [-0.05, 0) is 12.1 Å². The largest absolute Gasteiger partial charge is 0.495 e. The van der Waals surface area contributed by atoms with Gasteiger partial charge in [0.25, 0.3) is 0 Å². The maximum Gasteiger partial charge on any atom is 0.301 e. The zero-order chi connectivity index (χ0) is 15.3. The van der Waals surface area contributed by atoms with Gasteiger partial charge in [-0.15, -0.1) is 0 Å². The van der Waals surface area contributed by atoms with E-state index in [1.807, 2.05) is 0 Å². The standard InChI is InChI=1S/C12H20N4O3S/c1-4-16(5-2)20(17,18)15-11-9(12(13)14)7-6-8-10(11)19-3/h6-8,15H,4-5H2,1-3H3,(H3,13,14). The third-order valence-corrected chi connectivity index (χ3v) is 4.47. The van der Waals surface area contributed by atoms with Crippen LogP contribution in [0.4, 0.5) is 5.69 Å². The van der Waals surface area contributed by atoms with E-state index in [-0.39, 0.29) is 17.1 Å². The van der Waals surface area contributed by atoms with Gasteiger partial charge in [0, 0.05) is 18.7 Å². The molecule has 0 bridgehead atoms. The lowest BCUT2D eigenvalue weighted by Crippen LogP contribution is -2.36. The lowest BCUT2D eigenvalue weighted by molar-refractivity contribution is 0.416. The summed E-state index contributed by atoms with van der Waals surface area (Å²) in [5, 5.41) is 7.53. The van der Waals surface area contributed by atoms with Crippen LogP contribution in [0, 0.1) is 5.41 Å². The smallest absolute Gasteiger partial charge is 0.301 e. The van der Waals surface area contributed by atoms with Crippen LogP contribution in [0.3, 0.4) is 0 Å². The minimum Gasteiger partial charge on any atom is -0.495 e. The topological polar surface area (TPSA) is 109 Å². The number of ether oxygens (including phenoxy) is 1. The lowest BCUT2D eigenvalue weighted by Gasteiger charge is -2.21. The summed E-state index contributed by atoms with van der Waals surface area (Å²) in [6.45, 7) is 4.18. The molecular weight excluding hydrogens is 280 g/mol. The van der Waals surface area contributed by atoms with Crippen LogP contribution in [0.25, 0.3) is 0 Å². The Morgan fingerprint density at radius 3 is 2.45 bits per heavy atom. The van der Waals surface area contributed by atoms with E-state index in [1.54, 1.807) is 32.0 Å². The van der Waals surface area contributed by atoms with Gasteiger partial charge in [-0.3, -0.25) is 10.1 Å². The fourth-order valence-electron chi connectivity index (χ4n) is 1.79. The maximum atomic E-state index is 12.3. The van der Waals surface area contributed by atoms with Gasteiger partial charge in [-0.25, -0.2) is 0 Å². The highest BCUT2D eigenvalue weighted by molar-refractivity contribution is 7.90. The highest BCUT2D eigenvalue weighted by atomic mass is 32.2. The fourth-order valence-corrected chi connectivity index (χ4v) is 3.07. The average Bonchev–Trinajstić information content (AvgIpc) is 2.39. The summed E-state index contributed by atoms with van der Waals surface area (Å²) in [6.07, 6.45) is 0. The number of para-hydroxylation sites is 1. The van der Waals surface area contributed by atoms with Crippen molar-refractivity contribution >= 4 is 21.7 Å². The fraction of sp³-hybridized carbons (Fsp3) is 0.417. The molecule has 0 aliphatic carbocycles. The molecule has 0 saturated carbocycles. The molecule has 0 aliphatic rings. The van der Waals surface area contributed by atoms with Gasteiger partial charge < -0.3 is 10.5 Å². The van der Waals surface area contributed by atoms with Crippen LogP contribution in [-0.2, 0) is 10.2 Å². The number of amidine groups is 1. The van der Waals surface area contributed by atoms with Crippen molar-refractivity contribution < 1.29 is 13.2 Å². The van der Waals surface area contributed by atoms with E-state index in [2.05, 4.69) is 4.72 Å². The summed E-state index contributed by atoms with van der Waals surface area (Å²) >= 11 is 0. The SMILES string of the molecule is CCN(CC)S(=O)(=O)Nc1c(OC)cccc1C(=N)N. The van der Waals surface area contributed by atoms with Crippen LogP contribution in [0.2, 0.25) is 0 Å². The van der Waals surface area contributed by atoms with E-state index < -0.39 is 10.2 Å². The van der Waals surface area contributed by atoms with Gasteiger partial charge >= 0.3 is 10.2 Å². The van der Waals surface area contributed by atoms with Gasteiger partial charge in [0.05, 0.1) is 7.11 Å². The normalized spacial score (nSPS) is 11.4. The molecule has 7 nitrogen and oxygen atoms in total. The number of nitrogens with one attached hydrogen (secondary N) is 2. The molecule has 8 heteroatoms. The number of nitrogen functional groups attached to an aromatic ring is 1. The van der Waals surface area contributed by atoms with Gasteiger partial charge in [0.2, 0.25) is 0 Å². The number of hydrogen-bond acceptors (Lipinski definition) is 4. The summed E-state index contributed by atoms with van der Waals surface area (Å²) < 4.78 is 33.3. The molecule has 1 aromatic rings. The zero-order valence-electron chi connectivity index (χ0n) is 11.8. The Hall–Kier alpha value is -1.80. The summed E-state index contributed by atoms with van der Waals surface area (Å²) in [7, 11) is -2.29. The Morgan fingerprint density at radius 1 is 1.40 bits per heavy atom. The molecule has 112 valence electrons. The first-order chi connectivity index (χ1) is 9.37. The van der Waals surface area contributed by atoms with Crippen LogP contribution >= 0.6 is 0 Å². The number of benzene rings is 1. The Morgan fingerprint density at radius 2 is 2.00 bits per heavy atom. The number of methoxy groups -OCH3 is 1. The Balaban J connectivity index is 3.29. The molecule has 1 rings (SSSR count). The minimum atomic E-state index is -3.71. The molecule has 0 heterocycles. The number of anilines is 1. The highest BCUT2D eigenvalue weighted by Crippen LogP contribution is 2.29. The molecule has 0 aromatic heterocycles. The number of hydrogen-bond donors (Lipinski definition) is 3. The molecule has 0 spiro atoms. The van der Waals surface area contributed by atoms with E-state index in [0.29, 0.717) is 18.8 Å². The average molecular weight is 300 g/mol. The molecule has 0 aliphatic heterocycles. The molecule has 0 radical (unpaired) electrons. The van der Waals surface area contributed by atoms with Crippen molar-refractivity contribution in [2.24, 2.45) is 5.73 Å². The van der Waals surface area contributed by atoms with Crippen molar-refractivity contribution in [1.82, 2.24) is 4.31 Å². The molecule has 0 unspecified atom stereocenters. The first-order valence-corrected chi connectivity index (χ1v) is 7.60.